The van der Waals surface area contributed by atoms with Crippen LogP contribution in [0.4, 0.5) is 0 Å². The normalized spacial score (nSPS) is 7.50. The van der Waals surface area contributed by atoms with E-state index in [1.165, 1.54) is 0 Å². The topological polar surface area (TPSA) is 20.2 Å². The molecule has 0 rings (SSSR count). The average molecular weight is 104 g/mol. The van der Waals surface area contributed by atoms with Gasteiger partial charge in [-0.15, -0.1) is 0 Å². The van der Waals surface area contributed by atoms with E-state index in [2.05, 4.69) is 8.93 Å². The van der Waals surface area contributed by atoms with Crippen molar-refractivity contribution in [3.63, 3.8) is 0 Å². The molecule has 0 radical (unpaired) electrons. The quantitative estimate of drug-likeness (QED) is 0.269. The van der Waals surface area contributed by atoms with E-state index in [4.69, 9.17) is 4.89 Å². The fraction of sp³-hybridized carbons (Fsp3) is 0. The molecule has 4 heavy (non-hydrogen) atoms. The van der Waals surface area contributed by atoms with Gasteiger partial charge >= 0.3 is 29.6 Å². The van der Waals surface area contributed by atoms with Crippen molar-refractivity contribution in [3.05, 3.63) is 0 Å². The maximum atomic E-state index is 7.51. The minimum absolute atomic E-state index is 0. The molecule has 1 unspecified atom stereocenters. The van der Waals surface area contributed by atoms with Gasteiger partial charge in [-0.1, -0.05) is 0 Å². The van der Waals surface area contributed by atoms with Gasteiger partial charge in [-0.05, 0) is 0 Å². The Morgan fingerprint density at radius 3 is 1.75 bits per heavy atom. The predicted octanol–water partition coefficient (Wildman–Crippen LogP) is -2.37. The summed E-state index contributed by atoms with van der Waals surface area (Å²) < 4.78 is 0. The first-order valence-electron chi connectivity index (χ1n) is 0.474. The molecule has 4 heteroatoms. The fourth-order valence-electron chi connectivity index (χ4n) is 0. The summed E-state index contributed by atoms with van der Waals surface area (Å²) in [5.41, 5.74) is 0. The van der Waals surface area contributed by atoms with Crippen LogP contribution in [-0.2, 0) is 0 Å². The minimum atomic E-state index is -0.111. The molecular weight excluding hydrogens is 101 g/mol. The van der Waals surface area contributed by atoms with E-state index >= 15 is 0 Å². The van der Waals surface area contributed by atoms with Crippen molar-refractivity contribution in [1.82, 2.24) is 0 Å². The van der Waals surface area contributed by atoms with Gasteiger partial charge in [0.1, 0.15) is 0 Å². The molecule has 0 aliphatic heterocycles. The van der Waals surface area contributed by atoms with E-state index in [0.717, 1.165) is 0 Å². The molecule has 1 atom stereocenters. The smallest absolute Gasteiger partial charge is 0.500 e. The Morgan fingerprint density at radius 1 is 1.75 bits per heavy atom. The van der Waals surface area contributed by atoms with E-state index in [-0.39, 0.29) is 38.1 Å². The monoisotopic (exact) mass is 104 g/mol. The second-order valence-electron chi connectivity index (χ2n) is 0.112. The largest absolute Gasteiger partial charge is 1.00 e. The molecule has 0 fully saturated rings. The molecule has 0 saturated heterocycles. The summed E-state index contributed by atoms with van der Waals surface area (Å²) >= 11 is 0. The van der Waals surface area contributed by atoms with Crippen molar-refractivity contribution >= 4 is 17.4 Å². The summed E-state index contributed by atoms with van der Waals surface area (Å²) in [6.45, 7) is 0. The van der Waals surface area contributed by atoms with Crippen molar-refractivity contribution in [2.75, 3.05) is 0 Å². The van der Waals surface area contributed by atoms with Crippen LogP contribution < -0.4 is 29.6 Å². The first-order valence-corrected chi connectivity index (χ1v) is 2.92. The molecule has 0 amide bonds. The summed E-state index contributed by atoms with van der Waals surface area (Å²) in [5.74, 6) is 0. The van der Waals surface area contributed by atoms with Crippen LogP contribution >= 0.6 is 17.4 Å². The average Bonchev–Trinajstić information content (AvgIpc) is 0.918. The summed E-state index contributed by atoms with van der Waals surface area (Å²) in [6.07, 6.45) is 0. The molecule has 0 bridgehead atoms. The van der Waals surface area contributed by atoms with E-state index in [1.54, 1.807) is 0 Å². The van der Waals surface area contributed by atoms with Gasteiger partial charge in [0, 0.05) is 0 Å². The number of hydrogen-bond donors (Lipinski definition) is 1. The zero-order valence-electron chi connectivity index (χ0n) is 2.45. The van der Waals surface area contributed by atoms with Gasteiger partial charge in [-0.2, -0.15) is 8.50 Å². The van der Waals surface area contributed by atoms with Gasteiger partial charge < -0.3 is 13.8 Å². The van der Waals surface area contributed by atoms with Gasteiger partial charge in [-0.25, -0.2) is 0 Å². The van der Waals surface area contributed by atoms with Crippen LogP contribution in [0.5, 0.6) is 0 Å². The maximum absolute atomic E-state index is 7.51. The molecule has 0 aromatic carbocycles. The second kappa shape index (κ2) is 8.84. The standard InChI is InChI=1S/Na.H3OP2/c;1-3-2/h;1-3H/q+1;-1. The van der Waals surface area contributed by atoms with E-state index in [9.17, 15) is 0 Å². The first kappa shape index (κ1) is 9.27. The summed E-state index contributed by atoms with van der Waals surface area (Å²) in [5, 5.41) is 0. The Kier molecular flexibility index (Phi) is 20.5. The van der Waals surface area contributed by atoms with Crippen LogP contribution in [0.25, 0.3) is 0 Å². The van der Waals surface area contributed by atoms with Crippen LogP contribution in [0.1, 0.15) is 0 Å². The molecule has 0 aromatic heterocycles. The van der Waals surface area contributed by atoms with Crippen LogP contribution in [-0.4, -0.2) is 4.89 Å². The van der Waals surface area contributed by atoms with E-state index < -0.39 is 0 Å². The maximum Gasteiger partial charge on any atom is 1.00 e. The van der Waals surface area contributed by atoms with Crippen LogP contribution in [0.3, 0.4) is 0 Å². The van der Waals surface area contributed by atoms with Gasteiger partial charge in [0.2, 0.25) is 0 Å². The Hall–Kier alpha value is 1.82. The summed E-state index contributed by atoms with van der Waals surface area (Å²) in [4.78, 5) is 7.51. The second-order valence-corrected chi connectivity index (χ2v) is 1.01. The number of rotatable bonds is 0. The molecule has 0 aliphatic carbocycles. The van der Waals surface area contributed by atoms with Crippen molar-refractivity contribution in [1.29, 1.82) is 0 Å². The van der Waals surface area contributed by atoms with Gasteiger partial charge in [0.05, 0.1) is 0 Å². The van der Waals surface area contributed by atoms with Crippen LogP contribution in [0.2, 0.25) is 0 Å². The van der Waals surface area contributed by atoms with Crippen molar-refractivity contribution in [2.45, 2.75) is 0 Å². The Morgan fingerprint density at radius 2 is 1.75 bits per heavy atom. The van der Waals surface area contributed by atoms with Crippen LogP contribution in [0.15, 0.2) is 0 Å². The van der Waals surface area contributed by atoms with Crippen molar-refractivity contribution in [2.24, 2.45) is 0 Å². The van der Waals surface area contributed by atoms with Crippen molar-refractivity contribution < 1.29 is 34.5 Å². The zero-order valence-corrected chi connectivity index (χ0v) is 6.45. The SMILES string of the molecule is OP[PH-].[Na+]. The number of hydrogen-bond acceptors (Lipinski definition) is 1. The molecule has 1 N–H and O–H groups in total. The zero-order chi connectivity index (χ0) is 2.71. The third-order valence-corrected chi connectivity index (χ3v) is 0. The molecular formula is H3NaOP2. The van der Waals surface area contributed by atoms with Gasteiger partial charge in [-0.3, -0.25) is 0 Å². The minimum Gasteiger partial charge on any atom is -0.500 e. The van der Waals surface area contributed by atoms with E-state index in [1.807, 2.05) is 0 Å². The van der Waals surface area contributed by atoms with Gasteiger partial charge in [0.25, 0.3) is 0 Å². The molecule has 0 aliphatic rings. The first-order chi connectivity index (χ1) is 1.41. The summed E-state index contributed by atoms with van der Waals surface area (Å²) in [7, 11) is 2.66. The Bertz CT molecular complexity index is 6.00. The third kappa shape index (κ3) is 9.17. The predicted molar refractivity (Wildman–Crippen MR) is 18.8 cm³/mol. The van der Waals surface area contributed by atoms with Crippen molar-refractivity contribution in [3.8, 4) is 0 Å². The molecule has 20 valence electrons. The molecule has 0 saturated carbocycles. The van der Waals surface area contributed by atoms with Gasteiger partial charge in [0.15, 0.2) is 0 Å². The summed E-state index contributed by atoms with van der Waals surface area (Å²) in [6, 6.07) is 0. The Balaban J connectivity index is 0. The fourth-order valence-corrected chi connectivity index (χ4v) is 0. The molecule has 0 heterocycles. The molecule has 0 aromatic rings. The molecule has 0 spiro atoms. The molecule has 1 nitrogen and oxygen atoms in total. The van der Waals surface area contributed by atoms with E-state index in [0.29, 0.717) is 0 Å². The van der Waals surface area contributed by atoms with Crippen LogP contribution in [0, 0.1) is 0 Å². The third-order valence-electron chi connectivity index (χ3n) is 0. The Labute approximate surface area is 51.8 Å².